The van der Waals surface area contributed by atoms with E-state index in [4.69, 9.17) is 15.7 Å². The number of hydrogen-bond donors (Lipinski definition) is 3. The van der Waals surface area contributed by atoms with E-state index in [-0.39, 0.29) is 29.4 Å². The Morgan fingerprint density at radius 3 is 2.70 bits per heavy atom. The normalized spacial score (nSPS) is 12.3. The SMILES string of the molecule is COC(C)(C)CC(=O)Nc1ccc(/C(N)=N/O)cc1F. The minimum Gasteiger partial charge on any atom is -0.409 e. The van der Waals surface area contributed by atoms with Crippen molar-refractivity contribution in [2.24, 2.45) is 10.9 Å². The van der Waals surface area contributed by atoms with Crippen LogP contribution in [0.3, 0.4) is 0 Å². The molecule has 0 aliphatic carbocycles. The highest BCUT2D eigenvalue weighted by molar-refractivity contribution is 5.98. The number of rotatable bonds is 5. The lowest BCUT2D eigenvalue weighted by molar-refractivity contribution is -0.121. The molecule has 20 heavy (non-hydrogen) atoms. The third kappa shape index (κ3) is 4.20. The smallest absolute Gasteiger partial charge is 0.227 e. The molecule has 0 saturated heterocycles. The predicted molar refractivity (Wildman–Crippen MR) is 73.2 cm³/mol. The van der Waals surface area contributed by atoms with Crippen molar-refractivity contribution in [3.05, 3.63) is 29.6 Å². The zero-order valence-corrected chi connectivity index (χ0v) is 11.6. The Labute approximate surface area is 116 Å². The zero-order chi connectivity index (χ0) is 15.3. The Morgan fingerprint density at radius 1 is 1.55 bits per heavy atom. The molecule has 0 fully saturated rings. The summed E-state index contributed by atoms with van der Waals surface area (Å²) in [4.78, 5) is 11.8. The Balaban J connectivity index is 2.82. The van der Waals surface area contributed by atoms with E-state index in [1.807, 2.05) is 0 Å². The highest BCUT2D eigenvalue weighted by Crippen LogP contribution is 2.18. The van der Waals surface area contributed by atoms with Crippen LogP contribution in [0.15, 0.2) is 23.4 Å². The van der Waals surface area contributed by atoms with Gasteiger partial charge >= 0.3 is 0 Å². The molecular weight excluding hydrogens is 265 g/mol. The molecule has 0 aliphatic rings. The van der Waals surface area contributed by atoms with Crippen molar-refractivity contribution in [1.29, 1.82) is 0 Å². The van der Waals surface area contributed by atoms with Crippen LogP contribution in [-0.2, 0) is 9.53 Å². The van der Waals surface area contributed by atoms with Gasteiger partial charge in [-0.15, -0.1) is 0 Å². The van der Waals surface area contributed by atoms with Gasteiger partial charge in [-0.05, 0) is 32.0 Å². The van der Waals surface area contributed by atoms with Gasteiger partial charge in [-0.1, -0.05) is 5.16 Å². The monoisotopic (exact) mass is 283 g/mol. The summed E-state index contributed by atoms with van der Waals surface area (Å²) in [5.41, 5.74) is 4.96. The molecule has 7 heteroatoms. The molecule has 0 radical (unpaired) electrons. The topological polar surface area (TPSA) is 96.9 Å². The molecule has 0 spiro atoms. The number of anilines is 1. The van der Waals surface area contributed by atoms with Gasteiger partial charge in [0, 0.05) is 12.7 Å². The number of amidine groups is 1. The number of hydrogen-bond acceptors (Lipinski definition) is 4. The summed E-state index contributed by atoms with van der Waals surface area (Å²) in [6.45, 7) is 3.51. The molecule has 0 aliphatic heterocycles. The summed E-state index contributed by atoms with van der Waals surface area (Å²) < 4.78 is 18.9. The lowest BCUT2D eigenvalue weighted by Gasteiger charge is -2.22. The maximum Gasteiger partial charge on any atom is 0.227 e. The van der Waals surface area contributed by atoms with E-state index >= 15 is 0 Å². The third-order valence-corrected chi connectivity index (χ3v) is 2.79. The number of nitrogens with two attached hydrogens (primary N) is 1. The first kappa shape index (κ1) is 15.9. The fourth-order valence-corrected chi connectivity index (χ4v) is 1.49. The lowest BCUT2D eigenvalue weighted by Crippen LogP contribution is -2.29. The van der Waals surface area contributed by atoms with Crippen molar-refractivity contribution in [1.82, 2.24) is 0 Å². The average Bonchev–Trinajstić information content (AvgIpc) is 2.39. The summed E-state index contributed by atoms with van der Waals surface area (Å²) in [5, 5.41) is 13.7. The lowest BCUT2D eigenvalue weighted by atomic mass is 10.0. The van der Waals surface area contributed by atoms with Crippen molar-refractivity contribution < 1.29 is 19.1 Å². The molecule has 0 bridgehead atoms. The van der Waals surface area contributed by atoms with Crippen molar-refractivity contribution in [3.63, 3.8) is 0 Å². The molecule has 6 nitrogen and oxygen atoms in total. The van der Waals surface area contributed by atoms with Gasteiger partial charge in [0.15, 0.2) is 5.84 Å². The number of methoxy groups -OCH3 is 1. The first-order valence-corrected chi connectivity index (χ1v) is 5.91. The van der Waals surface area contributed by atoms with E-state index in [0.29, 0.717) is 0 Å². The number of oxime groups is 1. The molecule has 1 aromatic carbocycles. The average molecular weight is 283 g/mol. The number of carbonyl (C=O) groups is 1. The van der Waals surface area contributed by atoms with E-state index in [1.54, 1.807) is 13.8 Å². The zero-order valence-electron chi connectivity index (χ0n) is 11.6. The van der Waals surface area contributed by atoms with Crippen molar-refractivity contribution in [3.8, 4) is 0 Å². The summed E-state index contributed by atoms with van der Waals surface area (Å²) in [7, 11) is 1.50. The molecule has 1 amide bonds. The van der Waals surface area contributed by atoms with Gasteiger partial charge in [-0.25, -0.2) is 4.39 Å². The molecule has 0 atom stereocenters. The number of amides is 1. The molecule has 4 N–H and O–H groups in total. The molecule has 1 rings (SSSR count). The first-order valence-electron chi connectivity index (χ1n) is 5.91. The fraction of sp³-hybridized carbons (Fsp3) is 0.385. The van der Waals surface area contributed by atoms with Gasteiger partial charge in [0.2, 0.25) is 5.91 Å². The molecule has 0 heterocycles. The van der Waals surface area contributed by atoms with Crippen LogP contribution in [0.2, 0.25) is 0 Å². The maximum absolute atomic E-state index is 13.8. The Morgan fingerprint density at radius 2 is 2.20 bits per heavy atom. The van der Waals surface area contributed by atoms with Crippen LogP contribution in [0, 0.1) is 5.82 Å². The molecular formula is C13H18FN3O3. The highest BCUT2D eigenvalue weighted by Gasteiger charge is 2.21. The van der Waals surface area contributed by atoms with Gasteiger partial charge in [0.05, 0.1) is 17.7 Å². The fourth-order valence-electron chi connectivity index (χ4n) is 1.49. The predicted octanol–water partition coefficient (Wildman–Crippen LogP) is 1.67. The third-order valence-electron chi connectivity index (χ3n) is 2.79. The second kappa shape index (κ2) is 6.33. The molecule has 0 saturated carbocycles. The van der Waals surface area contributed by atoms with Crippen molar-refractivity contribution in [2.75, 3.05) is 12.4 Å². The van der Waals surface area contributed by atoms with Gasteiger partial charge in [0.1, 0.15) is 5.82 Å². The quantitative estimate of drug-likeness (QED) is 0.331. The summed E-state index contributed by atoms with van der Waals surface area (Å²) >= 11 is 0. The summed E-state index contributed by atoms with van der Waals surface area (Å²) in [6, 6.07) is 3.86. The van der Waals surface area contributed by atoms with E-state index in [1.165, 1.54) is 19.2 Å². The van der Waals surface area contributed by atoms with E-state index in [2.05, 4.69) is 10.5 Å². The number of nitrogens with one attached hydrogen (secondary N) is 1. The number of ether oxygens (including phenoxy) is 1. The minimum absolute atomic E-state index is 0.0244. The highest BCUT2D eigenvalue weighted by atomic mass is 19.1. The number of halogens is 1. The number of benzene rings is 1. The first-order chi connectivity index (χ1) is 9.29. The molecule has 0 aromatic heterocycles. The van der Waals surface area contributed by atoms with E-state index in [9.17, 15) is 9.18 Å². The Hall–Kier alpha value is -2.15. The molecule has 0 unspecified atom stereocenters. The molecule has 1 aromatic rings. The van der Waals surface area contributed by atoms with Crippen molar-refractivity contribution in [2.45, 2.75) is 25.9 Å². The van der Waals surface area contributed by atoms with Crippen LogP contribution >= 0.6 is 0 Å². The number of nitrogens with zero attached hydrogens (tertiary/aromatic N) is 1. The Kier molecular flexibility index (Phi) is 5.04. The summed E-state index contributed by atoms with van der Waals surface area (Å²) in [6.07, 6.45) is 0.0882. The summed E-state index contributed by atoms with van der Waals surface area (Å²) in [5.74, 6) is -1.24. The minimum atomic E-state index is -0.669. The molecule has 110 valence electrons. The van der Waals surface area contributed by atoms with Crippen molar-refractivity contribution >= 4 is 17.4 Å². The number of carbonyl (C=O) groups excluding carboxylic acids is 1. The van der Waals surface area contributed by atoms with E-state index in [0.717, 1.165) is 6.07 Å². The van der Waals surface area contributed by atoms with Crippen LogP contribution in [0.5, 0.6) is 0 Å². The van der Waals surface area contributed by atoms with Gasteiger partial charge in [-0.2, -0.15) is 0 Å². The van der Waals surface area contributed by atoms with Crippen LogP contribution in [-0.4, -0.2) is 29.7 Å². The van der Waals surface area contributed by atoms with Crippen LogP contribution in [0.25, 0.3) is 0 Å². The maximum atomic E-state index is 13.8. The Bertz CT molecular complexity index is 530. The second-order valence-corrected chi connectivity index (χ2v) is 4.87. The van der Waals surface area contributed by atoms with E-state index < -0.39 is 11.4 Å². The second-order valence-electron chi connectivity index (χ2n) is 4.87. The van der Waals surface area contributed by atoms with Crippen LogP contribution < -0.4 is 11.1 Å². The van der Waals surface area contributed by atoms with Gasteiger partial charge in [0.25, 0.3) is 0 Å². The van der Waals surface area contributed by atoms with Crippen LogP contribution in [0.1, 0.15) is 25.8 Å². The largest absolute Gasteiger partial charge is 0.409 e. The van der Waals surface area contributed by atoms with Gasteiger partial charge in [-0.3, -0.25) is 4.79 Å². The standard InChI is InChI=1S/C13H18FN3O3/c1-13(2,20-3)7-11(18)16-10-5-4-8(6-9(10)14)12(15)17-19/h4-6,19H,7H2,1-3H3,(H2,15,17)(H,16,18). The van der Waals surface area contributed by atoms with Gasteiger partial charge < -0.3 is 21.0 Å². The van der Waals surface area contributed by atoms with Crippen LogP contribution in [0.4, 0.5) is 10.1 Å².